The molecule has 0 radical (unpaired) electrons. The van der Waals surface area contributed by atoms with Gasteiger partial charge in [-0.1, -0.05) is 69.5 Å². The second-order valence-electron chi connectivity index (χ2n) is 15.7. The minimum Gasteiger partial charge on any atom is -0.505 e. The summed E-state index contributed by atoms with van der Waals surface area (Å²) in [4.78, 5) is 85.3. The number of nitrogens with zero attached hydrogens (tertiary/aromatic N) is 5. The van der Waals surface area contributed by atoms with E-state index in [0.717, 1.165) is 27.1 Å². The Labute approximate surface area is 420 Å². The van der Waals surface area contributed by atoms with Crippen molar-refractivity contribution in [2.75, 3.05) is 20.2 Å². The van der Waals surface area contributed by atoms with Gasteiger partial charge in [0.1, 0.15) is 45.9 Å². The molecule has 0 fully saturated rings. The first-order chi connectivity index (χ1) is 34.7. The number of nitrogens with one attached hydrogen (secondary N) is 2. The number of hydrogen-bond donors (Lipinski definition) is 4. The van der Waals surface area contributed by atoms with Gasteiger partial charge < -0.3 is 39.8 Å². The number of aromatic hydroxyl groups is 1. The van der Waals surface area contributed by atoms with Crippen molar-refractivity contribution >= 4 is 58.2 Å². The molecular weight excluding hydrogens is 965 g/mol. The highest BCUT2D eigenvalue weighted by Gasteiger charge is 2.33. The van der Waals surface area contributed by atoms with Crippen molar-refractivity contribution in [3.05, 3.63) is 174 Å². The number of esters is 1. The number of carbonyl (C=O) groups excluding carboxylic acids is 3. The molecule has 21 heteroatoms. The SMILES string of the molecule is C.C.CCOC(=O)c1c(OCc2ccccc2)c2ncc(Cc3ccc(F)cc3)c3c2n(c1=O)C=C(C(=O)O)O3.CNC(=O)C1=Cn2c(=O)c(C(=O)NCCC#N)c(O)c3ncc(Cc4ccc(F)cc4)c(c32)O1. The van der Waals surface area contributed by atoms with Gasteiger partial charge >= 0.3 is 11.9 Å². The Balaban J connectivity index is 0.000000236. The molecule has 74 heavy (non-hydrogen) atoms. The van der Waals surface area contributed by atoms with E-state index in [1.54, 1.807) is 31.2 Å². The van der Waals surface area contributed by atoms with E-state index in [1.807, 2.05) is 36.4 Å². The van der Waals surface area contributed by atoms with Crippen molar-refractivity contribution in [1.82, 2.24) is 29.7 Å². The number of aliphatic carboxylic acids is 1. The molecule has 0 unspecified atom stereocenters. The summed E-state index contributed by atoms with van der Waals surface area (Å²) in [7, 11) is 1.39. The van der Waals surface area contributed by atoms with Crippen LogP contribution in [0.1, 0.15) is 76.7 Å². The van der Waals surface area contributed by atoms with Crippen LogP contribution >= 0.6 is 0 Å². The van der Waals surface area contributed by atoms with Gasteiger partial charge in [-0.05, 0) is 47.9 Å². The Morgan fingerprint density at radius 3 is 1.81 bits per heavy atom. The molecule has 9 rings (SSSR count). The molecule has 19 nitrogen and oxygen atoms in total. The van der Waals surface area contributed by atoms with Gasteiger partial charge in [-0.25, -0.2) is 18.4 Å². The summed E-state index contributed by atoms with van der Waals surface area (Å²) in [5, 5.41) is 33.9. The Kier molecular flexibility index (Phi) is 16.7. The molecule has 2 aliphatic heterocycles. The monoisotopic (exact) mass is 1010 g/mol. The van der Waals surface area contributed by atoms with E-state index >= 15 is 0 Å². The molecule has 4 aromatic heterocycles. The molecule has 380 valence electrons. The molecule has 0 spiro atoms. The van der Waals surface area contributed by atoms with Gasteiger partial charge in [-0.3, -0.25) is 38.3 Å². The number of carboxylic acid groups (broad SMARTS) is 1. The highest BCUT2D eigenvalue weighted by atomic mass is 19.1. The Morgan fingerprint density at radius 1 is 0.743 bits per heavy atom. The van der Waals surface area contributed by atoms with E-state index in [4.69, 9.17) is 24.2 Å². The number of rotatable bonds is 14. The second kappa shape index (κ2) is 23.0. The van der Waals surface area contributed by atoms with Crippen LogP contribution in [-0.2, 0) is 33.8 Å². The Bertz CT molecular complexity index is 3570. The lowest BCUT2D eigenvalue weighted by Gasteiger charge is -2.23. The number of benzene rings is 3. The molecule has 0 saturated heterocycles. The fourth-order valence-corrected chi connectivity index (χ4v) is 7.69. The molecule has 7 aromatic rings. The summed E-state index contributed by atoms with van der Waals surface area (Å²) in [5.74, 6) is -5.99. The van der Waals surface area contributed by atoms with Gasteiger partial charge in [-0.15, -0.1) is 0 Å². The van der Waals surface area contributed by atoms with Gasteiger partial charge in [0.15, 0.2) is 28.6 Å². The maximum absolute atomic E-state index is 13.6. The molecule has 6 heterocycles. The van der Waals surface area contributed by atoms with E-state index in [9.17, 15) is 47.8 Å². The summed E-state index contributed by atoms with van der Waals surface area (Å²) in [6.45, 7) is 1.60. The number of pyridine rings is 4. The van der Waals surface area contributed by atoms with Gasteiger partial charge in [-0.2, -0.15) is 5.26 Å². The van der Waals surface area contributed by atoms with Crippen LogP contribution in [0, 0.1) is 23.0 Å². The lowest BCUT2D eigenvalue weighted by Crippen LogP contribution is -2.35. The zero-order chi connectivity index (χ0) is 51.2. The van der Waals surface area contributed by atoms with Crippen molar-refractivity contribution < 1.29 is 57.1 Å². The largest absolute Gasteiger partial charge is 0.505 e. The van der Waals surface area contributed by atoms with Crippen LogP contribution < -0.4 is 36.0 Å². The van der Waals surface area contributed by atoms with Gasteiger partial charge in [0.25, 0.3) is 22.9 Å². The maximum atomic E-state index is 13.6. The Morgan fingerprint density at radius 2 is 1.27 bits per heavy atom. The normalized spacial score (nSPS) is 11.6. The predicted octanol–water partition coefficient (Wildman–Crippen LogP) is 6.84. The van der Waals surface area contributed by atoms with Crippen molar-refractivity contribution in [3.63, 3.8) is 0 Å². The molecular formula is C53H47F2N7O12. The molecule has 4 N–H and O–H groups in total. The number of carboxylic acids is 1. The first kappa shape index (κ1) is 53.6. The molecule has 2 amide bonds. The summed E-state index contributed by atoms with van der Waals surface area (Å²) in [5.41, 5.74) is 0.609. The zero-order valence-electron chi connectivity index (χ0n) is 38.0. The summed E-state index contributed by atoms with van der Waals surface area (Å²) in [6.07, 6.45) is 5.39. The van der Waals surface area contributed by atoms with Crippen LogP contribution in [0.2, 0.25) is 0 Å². The third-order valence-corrected chi connectivity index (χ3v) is 11.1. The highest BCUT2D eigenvalue weighted by Crippen LogP contribution is 2.40. The van der Waals surface area contributed by atoms with Gasteiger partial charge in [0, 0.05) is 50.0 Å². The van der Waals surface area contributed by atoms with E-state index < -0.39 is 69.1 Å². The number of halogens is 2. The Hall–Kier alpha value is -9.71. The number of amides is 2. The minimum absolute atomic E-state index is 0. The van der Waals surface area contributed by atoms with Gasteiger partial charge in [0.05, 0.1) is 31.5 Å². The minimum atomic E-state index is -1.41. The molecule has 0 saturated carbocycles. The first-order valence-corrected chi connectivity index (χ1v) is 21.8. The van der Waals surface area contributed by atoms with E-state index in [2.05, 4.69) is 20.6 Å². The number of hydrogen-bond acceptors (Lipinski definition) is 14. The average Bonchev–Trinajstić information content (AvgIpc) is 3.38. The van der Waals surface area contributed by atoms with Crippen molar-refractivity contribution in [1.29, 1.82) is 5.26 Å². The lowest BCUT2D eigenvalue weighted by atomic mass is 10.0. The summed E-state index contributed by atoms with van der Waals surface area (Å²) in [6, 6.07) is 22.5. The number of nitriles is 1. The van der Waals surface area contributed by atoms with Gasteiger partial charge in [0.2, 0.25) is 11.5 Å². The quantitative estimate of drug-likeness (QED) is 0.0642. The first-order valence-electron chi connectivity index (χ1n) is 21.8. The maximum Gasteiger partial charge on any atom is 0.373 e. The molecule has 0 atom stereocenters. The van der Waals surface area contributed by atoms with Crippen LogP contribution in [0.25, 0.3) is 34.5 Å². The molecule has 2 aliphatic rings. The summed E-state index contributed by atoms with van der Waals surface area (Å²) >= 11 is 0. The zero-order valence-corrected chi connectivity index (χ0v) is 38.0. The van der Waals surface area contributed by atoms with Crippen LogP contribution in [0.4, 0.5) is 8.78 Å². The standard InChI is InChI=1S/C28H21FN2O7.C23H18FN5O5.2CH4/c1-2-36-28(35)21-25(37-15-17-6-4-3-5-7-17)22-23-24(38-20(27(33)34)14-31(23)26(21)32)18(13-30-22)12-16-8-10-19(29)11-9-16;1-26-21(31)15-11-29-18-17(19(30)16(23(29)33)22(32)27-8-2-7-25)28-10-13(20(18)34-15)9-12-3-5-14(24)6-4-12;;/h3-11,13-14H,2,12,15H2,1H3,(H,33,34);3-6,10-11,30H,2,8-9H2,1H3,(H,26,31)(H,27,32);2*1H4. The lowest BCUT2D eigenvalue weighted by molar-refractivity contribution is -0.135. The van der Waals surface area contributed by atoms with E-state index in [1.165, 1.54) is 43.7 Å². The van der Waals surface area contributed by atoms with Crippen molar-refractivity contribution in [2.24, 2.45) is 0 Å². The molecule has 3 aromatic carbocycles. The smallest absolute Gasteiger partial charge is 0.373 e. The summed E-state index contributed by atoms with van der Waals surface area (Å²) < 4.78 is 51.4. The van der Waals surface area contributed by atoms with Crippen molar-refractivity contribution in [3.8, 4) is 29.1 Å². The number of ether oxygens (including phenoxy) is 4. The fraction of sp³-hybridized carbons (Fsp3) is 0.189. The average molecular weight is 1010 g/mol. The second-order valence-corrected chi connectivity index (χ2v) is 15.7. The number of carbonyl (C=O) groups is 4. The number of aromatic nitrogens is 4. The van der Waals surface area contributed by atoms with Crippen LogP contribution in [0.5, 0.6) is 23.0 Å². The fourth-order valence-electron chi connectivity index (χ4n) is 7.69. The molecule has 0 bridgehead atoms. The topological polar surface area (TPSA) is 263 Å². The molecule has 0 aliphatic carbocycles. The third-order valence-electron chi connectivity index (χ3n) is 11.1. The number of likely N-dealkylation sites (N-methyl/N-ethyl adjacent to an activating group) is 1. The van der Waals surface area contributed by atoms with Crippen LogP contribution in [0.15, 0.2) is 112 Å². The predicted molar refractivity (Wildman–Crippen MR) is 266 cm³/mol. The van der Waals surface area contributed by atoms with E-state index in [0.29, 0.717) is 22.3 Å². The van der Waals surface area contributed by atoms with Crippen molar-refractivity contribution in [2.45, 2.75) is 47.6 Å². The van der Waals surface area contributed by atoms with Crippen LogP contribution in [0.3, 0.4) is 0 Å². The third kappa shape index (κ3) is 10.8. The highest BCUT2D eigenvalue weighted by molar-refractivity contribution is 6.05. The van der Waals surface area contributed by atoms with Crippen LogP contribution in [-0.4, -0.2) is 73.3 Å². The van der Waals surface area contributed by atoms with E-state index in [-0.39, 0.29) is 98.9 Å².